The molecule has 1 aromatic rings. The minimum Gasteiger partial charge on any atom is -0.481 e. The Morgan fingerprint density at radius 3 is 2.59 bits per heavy atom. The van der Waals surface area contributed by atoms with Crippen molar-refractivity contribution in [3.05, 3.63) is 28.2 Å². The summed E-state index contributed by atoms with van der Waals surface area (Å²) in [5, 5.41) is 12.7. The highest BCUT2D eigenvalue weighted by Gasteiger charge is 2.35. The molecule has 2 amide bonds. The third-order valence-electron chi connectivity index (χ3n) is 5.63. The molecule has 3 rings (SSSR count). The molecule has 3 atom stereocenters. The van der Waals surface area contributed by atoms with Crippen molar-refractivity contribution in [1.29, 1.82) is 0 Å². The summed E-state index contributed by atoms with van der Waals surface area (Å²) >= 11 is 1.42. The fraction of sp³-hybridized carbons (Fsp3) is 0.550. The van der Waals surface area contributed by atoms with E-state index in [1.165, 1.54) is 11.3 Å². The lowest BCUT2D eigenvalue weighted by atomic mass is 9.82. The molecule has 0 fully saturated rings. The summed E-state index contributed by atoms with van der Waals surface area (Å²) in [6, 6.07) is 0. The molecule has 0 radical (unpaired) electrons. The third-order valence-corrected chi connectivity index (χ3v) is 6.80. The third kappa shape index (κ3) is 4.08. The van der Waals surface area contributed by atoms with Crippen molar-refractivity contribution in [1.82, 2.24) is 0 Å². The number of fused-ring (bicyclic) bond motifs is 1. The molecule has 1 aromatic heterocycles. The zero-order chi connectivity index (χ0) is 19.6. The van der Waals surface area contributed by atoms with Gasteiger partial charge in [0.2, 0.25) is 5.91 Å². The number of carboxylic acids is 1. The number of allylic oxidation sites excluding steroid dienone is 2. The molecule has 4 N–H and O–H groups in total. The Morgan fingerprint density at radius 2 is 1.96 bits per heavy atom. The van der Waals surface area contributed by atoms with Gasteiger partial charge in [0.05, 0.1) is 17.4 Å². The summed E-state index contributed by atoms with van der Waals surface area (Å²) in [5.41, 5.74) is 7.00. The number of rotatable bonds is 6. The standard InChI is InChI=1S/C20H26N2O4S/c1-2-5-11-8-9-14-15(10-11)27-19(16(14)17(21)23)22-18(24)12-6-3-4-7-13(12)20(25)26/h3-4,11-13H,2,5-10H2,1H3,(H2,21,23)(H,22,24)(H,25,26)/t11-,12+,13-/m1/s1. The first-order valence-electron chi connectivity index (χ1n) is 9.55. The monoisotopic (exact) mass is 390 g/mol. The van der Waals surface area contributed by atoms with Crippen molar-refractivity contribution in [3.8, 4) is 0 Å². The number of carbonyl (C=O) groups excluding carboxylic acids is 2. The van der Waals surface area contributed by atoms with Crippen molar-refractivity contribution < 1.29 is 19.5 Å². The van der Waals surface area contributed by atoms with Gasteiger partial charge in [-0.3, -0.25) is 14.4 Å². The van der Waals surface area contributed by atoms with Gasteiger partial charge >= 0.3 is 5.97 Å². The molecule has 2 aliphatic rings. The SMILES string of the molecule is CCC[C@@H]1CCc2c(sc(NC(=O)[C@H]3CC=CC[C@H]3C(=O)O)c2C(N)=O)C1. The average Bonchev–Trinajstić information content (AvgIpc) is 2.99. The lowest BCUT2D eigenvalue weighted by molar-refractivity contribution is -0.146. The number of aliphatic carboxylic acids is 1. The summed E-state index contributed by atoms with van der Waals surface area (Å²) in [6.45, 7) is 2.17. The van der Waals surface area contributed by atoms with Gasteiger partial charge in [-0.2, -0.15) is 0 Å². The molecule has 146 valence electrons. The number of carboxylic acid groups (broad SMARTS) is 1. The lowest BCUT2D eigenvalue weighted by Gasteiger charge is -2.24. The van der Waals surface area contributed by atoms with Crippen molar-refractivity contribution in [2.24, 2.45) is 23.5 Å². The first kappa shape index (κ1) is 19.6. The van der Waals surface area contributed by atoms with E-state index in [9.17, 15) is 19.5 Å². The van der Waals surface area contributed by atoms with Gasteiger partial charge in [-0.15, -0.1) is 11.3 Å². The number of thiophene rings is 1. The number of hydrogen-bond acceptors (Lipinski definition) is 4. The number of anilines is 1. The van der Waals surface area contributed by atoms with Crippen molar-refractivity contribution in [2.75, 3.05) is 5.32 Å². The molecule has 0 bridgehead atoms. The van der Waals surface area contributed by atoms with Crippen LogP contribution in [0.3, 0.4) is 0 Å². The Labute approximate surface area is 162 Å². The second-order valence-corrected chi connectivity index (χ2v) is 8.56. The quantitative estimate of drug-likeness (QED) is 0.647. The fourth-order valence-electron chi connectivity index (χ4n) is 4.24. The molecule has 0 spiro atoms. The number of carbonyl (C=O) groups is 3. The predicted octanol–water partition coefficient (Wildman–Crippen LogP) is 3.36. The molecule has 27 heavy (non-hydrogen) atoms. The van der Waals surface area contributed by atoms with Crippen LogP contribution in [0.25, 0.3) is 0 Å². The predicted molar refractivity (Wildman–Crippen MR) is 105 cm³/mol. The molecule has 6 nitrogen and oxygen atoms in total. The Bertz CT molecular complexity index is 783. The maximum absolute atomic E-state index is 12.8. The van der Waals surface area contributed by atoms with Gasteiger partial charge < -0.3 is 16.2 Å². The smallest absolute Gasteiger partial charge is 0.307 e. The van der Waals surface area contributed by atoms with Crippen LogP contribution in [0.1, 0.15) is 59.8 Å². The maximum atomic E-state index is 12.8. The van der Waals surface area contributed by atoms with Crippen LogP contribution in [0.4, 0.5) is 5.00 Å². The van der Waals surface area contributed by atoms with Gasteiger partial charge in [-0.1, -0.05) is 31.9 Å². The Kier molecular flexibility index (Phi) is 5.99. The van der Waals surface area contributed by atoms with Crippen LogP contribution in [0, 0.1) is 17.8 Å². The summed E-state index contributed by atoms with van der Waals surface area (Å²) in [6.07, 6.45) is 9.39. The van der Waals surface area contributed by atoms with Gasteiger partial charge in [0.15, 0.2) is 0 Å². The van der Waals surface area contributed by atoms with Crippen LogP contribution >= 0.6 is 11.3 Å². The highest BCUT2D eigenvalue weighted by atomic mass is 32.1. The van der Waals surface area contributed by atoms with E-state index in [0.29, 0.717) is 29.3 Å². The van der Waals surface area contributed by atoms with Crippen LogP contribution in [0.15, 0.2) is 12.2 Å². The maximum Gasteiger partial charge on any atom is 0.307 e. The number of primary amides is 1. The zero-order valence-electron chi connectivity index (χ0n) is 15.5. The van der Waals surface area contributed by atoms with E-state index in [1.54, 1.807) is 6.08 Å². The van der Waals surface area contributed by atoms with Gasteiger partial charge in [-0.05, 0) is 43.6 Å². The topological polar surface area (TPSA) is 109 Å². The fourth-order valence-corrected chi connectivity index (χ4v) is 5.61. The molecule has 0 saturated carbocycles. The Hall–Kier alpha value is -2.15. The molecule has 0 unspecified atom stereocenters. The molecule has 0 aliphatic heterocycles. The van der Waals surface area contributed by atoms with E-state index >= 15 is 0 Å². The largest absolute Gasteiger partial charge is 0.481 e. The van der Waals surface area contributed by atoms with Crippen molar-refractivity contribution in [2.45, 2.75) is 51.9 Å². The number of amides is 2. The average molecular weight is 391 g/mol. The van der Waals surface area contributed by atoms with E-state index in [4.69, 9.17) is 5.73 Å². The Morgan fingerprint density at radius 1 is 1.26 bits per heavy atom. The summed E-state index contributed by atoms with van der Waals surface area (Å²) < 4.78 is 0. The normalized spacial score (nSPS) is 24.3. The summed E-state index contributed by atoms with van der Waals surface area (Å²) in [5.74, 6) is -2.63. The molecular formula is C20H26N2O4S. The molecular weight excluding hydrogens is 364 g/mol. The lowest BCUT2D eigenvalue weighted by Crippen LogP contribution is -2.35. The molecule has 1 heterocycles. The highest BCUT2D eigenvalue weighted by Crippen LogP contribution is 2.41. The molecule has 2 aliphatic carbocycles. The van der Waals surface area contributed by atoms with Crippen molar-refractivity contribution in [3.63, 3.8) is 0 Å². The minimum atomic E-state index is -0.970. The zero-order valence-corrected chi connectivity index (χ0v) is 16.3. The Balaban J connectivity index is 1.84. The van der Waals surface area contributed by atoms with E-state index in [2.05, 4.69) is 12.2 Å². The van der Waals surface area contributed by atoms with Crippen LogP contribution in [-0.4, -0.2) is 22.9 Å². The molecule has 0 saturated heterocycles. The minimum absolute atomic E-state index is 0.343. The number of nitrogens with two attached hydrogens (primary N) is 1. The summed E-state index contributed by atoms with van der Waals surface area (Å²) in [7, 11) is 0. The van der Waals surface area contributed by atoms with Gasteiger partial charge in [0.25, 0.3) is 5.91 Å². The van der Waals surface area contributed by atoms with E-state index in [0.717, 1.165) is 42.5 Å². The number of hydrogen-bond donors (Lipinski definition) is 3. The molecule has 7 heteroatoms. The van der Waals surface area contributed by atoms with Gasteiger partial charge in [0.1, 0.15) is 5.00 Å². The number of nitrogens with one attached hydrogen (secondary N) is 1. The first-order chi connectivity index (χ1) is 12.9. The molecule has 0 aromatic carbocycles. The second-order valence-electron chi connectivity index (χ2n) is 7.45. The van der Waals surface area contributed by atoms with Crippen LogP contribution in [0.5, 0.6) is 0 Å². The van der Waals surface area contributed by atoms with Crippen LogP contribution in [0.2, 0.25) is 0 Å². The van der Waals surface area contributed by atoms with E-state index < -0.39 is 23.7 Å². The van der Waals surface area contributed by atoms with Crippen molar-refractivity contribution >= 4 is 34.1 Å². The van der Waals surface area contributed by atoms with Crippen LogP contribution in [-0.2, 0) is 22.4 Å². The second kappa shape index (κ2) is 8.25. The summed E-state index contributed by atoms with van der Waals surface area (Å²) in [4.78, 5) is 37.4. The van der Waals surface area contributed by atoms with Gasteiger partial charge in [0, 0.05) is 4.88 Å². The first-order valence-corrected chi connectivity index (χ1v) is 10.4. The van der Waals surface area contributed by atoms with Gasteiger partial charge in [-0.25, -0.2) is 0 Å². The van der Waals surface area contributed by atoms with E-state index in [-0.39, 0.29) is 5.91 Å². The highest BCUT2D eigenvalue weighted by molar-refractivity contribution is 7.17. The van der Waals surface area contributed by atoms with E-state index in [1.807, 2.05) is 6.08 Å². The van der Waals surface area contributed by atoms with Crippen LogP contribution < -0.4 is 11.1 Å².